The van der Waals surface area contributed by atoms with Gasteiger partial charge in [-0.25, -0.2) is 0 Å². The lowest BCUT2D eigenvalue weighted by molar-refractivity contribution is -0.124. The molecule has 0 bridgehead atoms. The number of unbranched alkanes of at least 4 members (excludes halogenated alkanes) is 45. The van der Waals surface area contributed by atoms with Gasteiger partial charge >= 0.3 is 0 Å². The normalized spacial score (nSPS) is 13.3. The summed E-state index contributed by atoms with van der Waals surface area (Å²) in [6.45, 7) is 4.23. The Morgan fingerprint density at radius 3 is 0.906 bits per heavy atom. The highest BCUT2D eigenvalue weighted by molar-refractivity contribution is 5.76. The molecule has 5 nitrogen and oxygen atoms in total. The number of amides is 1. The van der Waals surface area contributed by atoms with Crippen LogP contribution in [0.2, 0.25) is 0 Å². The summed E-state index contributed by atoms with van der Waals surface area (Å²) in [5, 5.41) is 33.8. The maximum absolute atomic E-state index is 12.5. The van der Waals surface area contributed by atoms with Crippen molar-refractivity contribution in [3.8, 4) is 0 Å². The number of hydrogen-bond donors (Lipinski definition) is 4. The van der Waals surface area contributed by atoms with Crippen molar-refractivity contribution in [3.05, 3.63) is 12.2 Å². The lowest BCUT2D eigenvalue weighted by Crippen LogP contribution is -2.50. The summed E-state index contributed by atoms with van der Waals surface area (Å²) in [5.41, 5.74) is 0. The third kappa shape index (κ3) is 49.0. The number of aliphatic hydroxyl groups excluding tert-OH is 3. The molecule has 0 aromatic rings. The van der Waals surface area contributed by atoms with Crippen molar-refractivity contribution in [2.45, 2.75) is 353 Å². The van der Waals surface area contributed by atoms with Gasteiger partial charge in [0.25, 0.3) is 0 Å². The van der Waals surface area contributed by atoms with Crippen LogP contribution in [0.15, 0.2) is 12.2 Å². The average Bonchev–Trinajstić information content (AvgIpc) is 3.30. The molecule has 64 heavy (non-hydrogen) atoms. The molecule has 3 unspecified atom stereocenters. The number of allylic oxidation sites excluding steroid dienone is 2. The van der Waals surface area contributed by atoms with Gasteiger partial charge in [-0.2, -0.15) is 0 Å². The summed E-state index contributed by atoms with van der Waals surface area (Å²) in [6.07, 6.45) is 68.0. The van der Waals surface area contributed by atoms with Gasteiger partial charge in [-0.1, -0.05) is 302 Å². The Morgan fingerprint density at radius 1 is 0.375 bits per heavy atom. The standard InChI is InChI=1S/C59H117NO4/c1-3-5-7-9-11-13-15-17-19-21-23-25-27-29-30-32-34-36-38-40-42-44-46-48-50-52-54-58(63)60-56(55-61)59(64)57(62)53-51-49-47-45-43-41-39-37-35-33-31-28-26-24-22-20-18-16-14-12-10-8-6-4-2/h29-30,56-57,59,61-62,64H,3-28,31-55H2,1-2H3,(H,60,63)/b30-29-. The van der Waals surface area contributed by atoms with E-state index in [1.54, 1.807) is 0 Å². The fourth-order valence-electron chi connectivity index (χ4n) is 9.57. The Kier molecular flexibility index (Phi) is 53.9. The van der Waals surface area contributed by atoms with Gasteiger partial charge < -0.3 is 20.6 Å². The molecule has 0 radical (unpaired) electrons. The molecule has 0 spiro atoms. The molecule has 0 aromatic carbocycles. The van der Waals surface area contributed by atoms with Gasteiger partial charge in [-0.05, 0) is 38.5 Å². The van der Waals surface area contributed by atoms with Crippen molar-refractivity contribution in [1.29, 1.82) is 0 Å². The molecule has 5 heteroatoms. The van der Waals surface area contributed by atoms with Gasteiger partial charge in [0.15, 0.2) is 0 Å². The summed E-state index contributed by atoms with van der Waals surface area (Å²) in [6, 6.07) is -0.808. The van der Waals surface area contributed by atoms with Gasteiger partial charge in [0.2, 0.25) is 5.91 Å². The van der Waals surface area contributed by atoms with Crippen molar-refractivity contribution >= 4 is 5.91 Å². The number of aliphatic hydroxyl groups is 3. The number of rotatable bonds is 55. The summed E-state index contributed by atoms with van der Waals surface area (Å²) < 4.78 is 0. The maximum Gasteiger partial charge on any atom is 0.220 e. The van der Waals surface area contributed by atoms with Crippen LogP contribution in [0.1, 0.15) is 335 Å². The molecule has 382 valence electrons. The molecule has 0 aliphatic rings. The molecular formula is C59H117NO4. The molecule has 0 saturated carbocycles. The second-order valence-electron chi connectivity index (χ2n) is 20.6. The minimum atomic E-state index is -1.14. The number of nitrogens with one attached hydrogen (secondary N) is 1. The molecule has 0 fully saturated rings. The van der Waals surface area contributed by atoms with Crippen molar-refractivity contribution in [3.63, 3.8) is 0 Å². The van der Waals surface area contributed by atoms with E-state index >= 15 is 0 Å². The zero-order valence-electron chi connectivity index (χ0n) is 43.7. The van der Waals surface area contributed by atoms with Crippen LogP contribution in [0.5, 0.6) is 0 Å². The van der Waals surface area contributed by atoms with Crippen LogP contribution in [0.3, 0.4) is 0 Å². The monoisotopic (exact) mass is 904 g/mol. The first-order valence-electron chi connectivity index (χ1n) is 29.5. The topological polar surface area (TPSA) is 89.8 Å². The summed E-state index contributed by atoms with van der Waals surface area (Å²) in [7, 11) is 0. The van der Waals surface area contributed by atoms with Crippen molar-refractivity contribution in [2.24, 2.45) is 0 Å². The lowest BCUT2D eigenvalue weighted by atomic mass is 9.99. The van der Waals surface area contributed by atoms with Gasteiger partial charge in [-0.15, -0.1) is 0 Å². The summed E-state index contributed by atoms with van der Waals surface area (Å²) >= 11 is 0. The molecule has 0 aliphatic carbocycles. The largest absolute Gasteiger partial charge is 0.394 e. The van der Waals surface area contributed by atoms with Crippen LogP contribution in [0.25, 0.3) is 0 Å². The highest BCUT2D eigenvalue weighted by atomic mass is 16.3. The minimum absolute atomic E-state index is 0.140. The third-order valence-corrected chi connectivity index (χ3v) is 14.1. The number of carbonyl (C=O) groups excluding carboxylic acids is 1. The first kappa shape index (κ1) is 63.1. The minimum Gasteiger partial charge on any atom is -0.394 e. The fraction of sp³-hybridized carbons (Fsp3) is 0.949. The molecule has 0 heterocycles. The zero-order valence-corrected chi connectivity index (χ0v) is 43.7. The fourth-order valence-corrected chi connectivity index (χ4v) is 9.57. The molecule has 4 N–H and O–H groups in total. The van der Waals surface area contributed by atoms with Crippen molar-refractivity contribution < 1.29 is 20.1 Å². The summed E-state index contributed by atoms with van der Waals surface area (Å²) in [5.74, 6) is -0.140. The highest BCUT2D eigenvalue weighted by Gasteiger charge is 2.26. The van der Waals surface area contributed by atoms with E-state index in [1.165, 1.54) is 276 Å². The van der Waals surface area contributed by atoms with Gasteiger partial charge in [-0.3, -0.25) is 4.79 Å². The Balaban J connectivity index is 3.51. The third-order valence-electron chi connectivity index (χ3n) is 14.1. The molecule has 0 aromatic heterocycles. The summed E-state index contributed by atoms with van der Waals surface area (Å²) in [4.78, 5) is 12.5. The second-order valence-corrected chi connectivity index (χ2v) is 20.6. The Bertz CT molecular complexity index is 909. The highest BCUT2D eigenvalue weighted by Crippen LogP contribution is 2.18. The van der Waals surface area contributed by atoms with Crippen LogP contribution in [0, 0.1) is 0 Å². The van der Waals surface area contributed by atoms with E-state index in [0.717, 1.165) is 32.1 Å². The van der Waals surface area contributed by atoms with Gasteiger partial charge in [0, 0.05) is 6.42 Å². The molecule has 0 saturated heterocycles. The van der Waals surface area contributed by atoms with E-state index in [4.69, 9.17) is 0 Å². The predicted octanol–water partition coefficient (Wildman–Crippen LogP) is 18.3. The van der Waals surface area contributed by atoms with E-state index in [0.29, 0.717) is 12.8 Å². The molecular weight excluding hydrogens is 787 g/mol. The van der Waals surface area contributed by atoms with Gasteiger partial charge in [0.1, 0.15) is 6.10 Å². The Labute approximate surface area is 401 Å². The first-order valence-corrected chi connectivity index (χ1v) is 29.5. The Morgan fingerprint density at radius 2 is 0.625 bits per heavy atom. The Hall–Kier alpha value is -0.910. The van der Waals surface area contributed by atoms with Gasteiger partial charge in [0.05, 0.1) is 18.8 Å². The average molecular weight is 905 g/mol. The van der Waals surface area contributed by atoms with Crippen LogP contribution in [-0.4, -0.2) is 46.1 Å². The lowest BCUT2D eigenvalue weighted by Gasteiger charge is -2.26. The van der Waals surface area contributed by atoms with Crippen molar-refractivity contribution in [1.82, 2.24) is 5.32 Å². The molecule has 3 atom stereocenters. The van der Waals surface area contributed by atoms with Crippen LogP contribution in [-0.2, 0) is 4.79 Å². The first-order chi connectivity index (χ1) is 31.6. The van der Waals surface area contributed by atoms with Crippen LogP contribution >= 0.6 is 0 Å². The van der Waals surface area contributed by atoms with Crippen LogP contribution < -0.4 is 5.32 Å². The number of carbonyl (C=O) groups is 1. The predicted molar refractivity (Wildman–Crippen MR) is 282 cm³/mol. The molecule has 0 aliphatic heterocycles. The molecule has 1 amide bonds. The van der Waals surface area contributed by atoms with E-state index in [1.807, 2.05) is 0 Å². The van der Waals surface area contributed by atoms with E-state index in [2.05, 4.69) is 31.3 Å². The second kappa shape index (κ2) is 54.7. The van der Waals surface area contributed by atoms with E-state index in [-0.39, 0.29) is 12.5 Å². The van der Waals surface area contributed by atoms with E-state index in [9.17, 15) is 20.1 Å². The smallest absolute Gasteiger partial charge is 0.220 e. The maximum atomic E-state index is 12.5. The SMILES string of the molecule is CCCCCCCCCCCCCC/C=C\CCCCCCCCCCCCC(=O)NC(CO)C(O)C(O)CCCCCCCCCCCCCCCCCCCCCCCCCC. The quantitative estimate of drug-likeness (QED) is 0.0362. The van der Waals surface area contributed by atoms with E-state index < -0.39 is 18.2 Å². The van der Waals surface area contributed by atoms with Crippen LogP contribution in [0.4, 0.5) is 0 Å². The molecule has 0 rings (SSSR count). The number of hydrogen-bond acceptors (Lipinski definition) is 4. The zero-order chi connectivity index (χ0) is 46.5. The van der Waals surface area contributed by atoms with Crippen molar-refractivity contribution in [2.75, 3.05) is 6.61 Å².